The number of aromatic nitrogens is 1. The quantitative estimate of drug-likeness (QED) is 0.660. The van der Waals surface area contributed by atoms with Crippen molar-refractivity contribution < 1.29 is 0 Å². The zero-order chi connectivity index (χ0) is 18.7. The Hall–Kier alpha value is -2.79. The monoisotopic (exact) mass is 342 g/mol. The van der Waals surface area contributed by atoms with Crippen molar-refractivity contribution in [2.45, 2.75) is 40.0 Å². The second kappa shape index (κ2) is 7.62. The van der Waals surface area contributed by atoms with Crippen LogP contribution in [-0.2, 0) is 6.42 Å². The third-order valence-corrected chi connectivity index (χ3v) is 4.97. The van der Waals surface area contributed by atoms with Crippen LogP contribution in [0, 0.1) is 12.3 Å². The van der Waals surface area contributed by atoms with E-state index in [-0.39, 0.29) is 5.92 Å². The Morgan fingerprint density at radius 1 is 1.15 bits per heavy atom. The largest absolute Gasteiger partial charge is 0.388 e. The van der Waals surface area contributed by atoms with Gasteiger partial charge in [0.1, 0.15) is 0 Å². The second-order valence-electron chi connectivity index (χ2n) is 6.93. The van der Waals surface area contributed by atoms with Crippen LogP contribution in [0.5, 0.6) is 0 Å². The van der Waals surface area contributed by atoms with Crippen LogP contribution >= 0.6 is 0 Å². The van der Waals surface area contributed by atoms with Gasteiger partial charge in [-0.15, -0.1) is 0 Å². The molecule has 0 bridgehead atoms. The predicted molar refractivity (Wildman–Crippen MR) is 110 cm³/mol. The standard InChI is InChI=1S/C24H26N2/c1-6-21-15-19(12-13-26-21)17(4)18-10-11-22-20(14-18)8-7-9-23(22)24(25-5)16(2)3/h7-11,14-15,17,25H,6H2,1-5H3. The van der Waals surface area contributed by atoms with Gasteiger partial charge in [-0.2, -0.15) is 0 Å². The normalized spacial score (nSPS) is 11.7. The highest BCUT2D eigenvalue weighted by Gasteiger charge is 2.12. The van der Waals surface area contributed by atoms with E-state index in [1.165, 1.54) is 33.2 Å². The van der Waals surface area contributed by atoms with Gasteiger partial charge < -0.3 is 5.32 Å². The van der Waals surface area contributed by atoms with Crippen LogP contribution in [0.1, 0.15) is 56.0 Å². The maximum absolute atomic E-state index is 4.25. The summed E-state index contributed by atoms with van der Waals surface area (Å²) in [6, 6.07) is 18.6. The van der Waals surface area contributed by atoms with Gasteiger partial charge in [-0.25, -0.2) is 4.98 Å². The molecule has 0 saturated heterocycles. The Bertz CT molecular complexity index is 949. The lowest BCUT2D eigenvalue weighted by atomic mass is 9.90. The van der Waals surface area contributed by atoms with E-state index in [0.717, 1.165) is 17.7 Å². The van der Waals surface area contributed by atoms with Gasteiger partial charge in [-0.1, -0.05) is 55.8 Å². The van der Waals surface area contributed by atoms with Crippen LogP contribution in [-0.4, -0.2) is 12.0 Å². The topological polar surface area (TPSA) is 24.9 Å². The van der Waals surface area contributed by atoms with Crippen LogP contribution in [0.15, 0.2) is 48.0 Å². The molecule has 3 aromatic rings. The molecule has 0 aliphatic carbocycles. The summed E-state index contributed by atoms with van der Waals surface area (Å²) in [6.07, 6.45) is 3.84. The molecule has 0 saturated carbocycles. The first kappa shape index (κ1) is 18.0. The molecule has 2 nitrogen and oxygen atoms in total. The molecule has 0 aliphatic rings. The van der Waals surface area contributed by atoms with Gasteiger partial charge in [-0.05, 0) is 48.7 Å². The molecule has 1 aromatic heterocycles. The van der Waals surface area contributed by atoms with E-state index in [2.05, 4.69) is 92.7 Å². The summed E-state index contributed by atoms with van der Waals surface area (Å²) in [6.45, 7) is 8.62. The molecule has 132 valence electrons. The smallest absolute Gasteiger partial charge is 0.0517 e. The lowest BCUT2D eigenvalue weighted by molar-refractivity contribution is 0.908. The molecule has 1 N–H and O–H groups in total. The molecule has 1 unspecified atom stereocenters. The summed E-state index contributed by atoms with van der Waals surface area (Å²) in [5.41, 5.74) is 7.23. The van der Waals surface area contributed by atoms with E-state index < -0.39 is 0 Å². The third-order valence-electron chi connectivity index (χ3n) is 4.97. The van der Waals surface area contributed by atoms with Crippen molar-refractivity contribution in [2.75, 3.05) is 7.05 Å². The van der Waals surface area contributed by atoms with Gasteiger partial charge in [0.05, 0.1) is 5.69 Å². The van der Waals surface area contributed by atoms with Crippen molar-refractivity contribution in [2.24, 2.45) is 0 Å². The van der Waals surface area contributed by atoms with Crippen LogP contribution < -0.4 is 5.32 Å². The number of hydrogen-bond acceptors (Lipinski definition) is 2. The van der Waals surface area contributed by atoms with Gasteiger partial charge in [0, 0.05) is 36.0 Å². The van der Waals surface area contributed by atoms with Gasteiger partial charge in [0.25, 0.3) is 0 Å². The molecule has 0 radical (unpaired) electrons. The van der Waals surface area contributed by atoms with Crippen LogP contribution in [0.2, 0.25) is 0 Å². The average molecular weight is 342 g/mol. The van der Waals surface area contributed by atoms with E-state index in [4.69, 9.17) is 0 Å². The maximum Gasteiger partial charge on any atom is 0.0517 e. The molecule has 0 fully saturated rings. The lowest BCUT2D eigenvalue weighted by Crippen LogP contribution is -2.07. The van der Waals surface area contributed by atoms with E-state index in [9.17, 15) is 0 Å². The summed E-state index contributed by atoms with van der Waals surface area (Å²) in [5, 5.41) is 5.88. The number of allylic oxidation sites excluding steroid dienone is 1. The Morgan fingerprint density at radius 2 is 1.96 bits per heavy atom. The number of hydrogen-bond donors (Lipinski definition) is 1. The average Bonchev–Trinajstić information content (AvgIpc) is 2.67. The van der Waals surface area contributed by atoms with Gasteiger partial charge in [-0.3, -0.25) is 0 Å². The number of nitrogens with one attached hydrogen (secondary N) is 1. The molecule has 1 heterocycles. The molecular formula is C24H26N2. The first-order valence-electron chi connectivity index (χ1n) is 9.22. The molecule has 2 aromatic carbocycles. The number of nitrogens with zero attached hydrogens (tertiary/aromatic N) is 1. The van der Waals surface area contributed by atoms with Crippen molar-refractivity contribution in [1.82, 2.24) is 10.3 Å². The Labute approximate surface area is 157 Å². The molecular weight excluding hydrogens is 316 g/mol. The highest BCUT2D eigenvalue weighted by molar-refractivity contribution is 5.94. The first-order valence-corrected chi connectivity index (χ1v) is 9.22. The lowest BCUT2D eigenvalue weighted by Gasteiger charge is -2.16. The van der Waals surface area contributed by atoms with Gasteiger partial charge in [0.15, 0.2) is 0 Å². The van der Waals surface area contributed by atoms with Gasteiger partial charge >= 0.3 is 0 Å². The third kappa shape index (κ3) is 3.44. The zero-order valence-electron chi connectivity index (χ0n) is 16.3. The minimum atomic E-state index is 0.264. The van der Waals surface area contributed by atoms with E-state index in [1.54, 1.807) is 0 Å². The minimum Gasteiger partial charge on any atom is -0.388 e. The zero-order valence-corrected chi connectivity index (χ0v) is 16.3. The summed E-state index contributed by atoms with van der Waals surface area (Å²) in [4.78, 5) is 4.25. The number of aryl methyl sites for hydroxylation is 1. The predicted octanol–water partition coefficient (Wildman–Crippen LogP) is 5.52. The fraction of sp³-hybridized carbons (Fsp3) is 0.292. The summed E-state index contributed by atoms with van der Waals surface area (Å²) in [5.74, 6) is 0.264. The van der Waals surface area contributed by atoms with Crippen molar-refractivity contribution >= 4 is 16.5 Å². The SMILES string of the molecule is CCc1cc(C(C)c2ccc3c(C(NC)=C(C)C)cccc3c2)c#cn1. The fourth-order valence-corrected chi connectivity index (χ4v) is 3.45. The molecule has 0 amide bonds. The van der Waals surface area contributed by atoms with E-state index >= 15 is 0 Å². The van der Waals surface area contributed by atoms with E-state index in [1.807, 2.05) is 7.05 Å². The minimum absolute atomic E-state index is 0.264. The summed E-state index contributed by atoms with van der Waals surface area (Å²) < 4.78 is 0. The Kier molecular flexibility index (Phi) is 5.28. The summed E-state index contributed by atoms with van der Waals surface area (Å²) >= 11 is 0. The maximum atomic E-state index is 4.25. The molecule has 26 heavy (non-hydrogen) atoms. The molecule has 0 aliphatic heterocycles. The second-order valence-corrected chi connectivity index (χ2v) is 6.93. The molecule has 3 rings (SSSR count). The van der Waals surface area contributed by atoms with E-state index in [0.29, 0.717) is 0 Å². The summed E-state index contributed by atoms with van der Waals surface area (Å²) in [7, 11) is 1.98. The molecule has 1 atom stereocenters. The van der Waals surface area contributed by atoms with Gasteiger partial charge in [0.2, 0.25) is 0 Å². The highest BCUT2D eigenvalue weighted by atomic mass is 14.8. The Morgan fingerprint density at radius 3 is 2.65 bits per heavy atom. The molecule has 0 spiro atoms. The number of benzene rings is 2. The fourth-order valence-electron chi connectivity index (χ4n) is 3.45. The van der Waals surface area contributed by atoms with Crippen LogP contribution in [0.25, 0.3) is 16.5 Å². The van der Waals surface area contributed by atoms with Crippen LogP contribution in [0.3, 0.4) is 0 Å². The van der Waals surface area contributed by atoms with Crippen LogP contribution in [0.4, 0.5) is 0 Å². The highest BCUT2D eigenvalue weighted by Crippen LogP contribution is 2.30. The molecule has 2 heteroatoms. The number of fused-ring (bicyclic) bond motifs is 1. The van der Waals surface area contributed by atoms with Crippen molar-refractivity contribution in [1.29, 1.82) is 0 Å². The first-order chi connectivity index (χ1) is 12.5. The number of rotatable bonds is 5. The van der Waals surface area contributed by atoms with Crippen molar-refractivity contribution in [3.05, 3.63) is 82.7 Å². The van der Waals surface area contributed by atoms with Crippen molar-refractivity contribution in [3.8, 4) is 0 Å². The van der Waals surface area contributed by atoms with Crippen molar-refractivity contribution in [3.63, 3.8) is 0 Å². The Balaban J connectivity index is 2.06.